The lowest BCUT2D eigenvalue weighted by atomic mass is 10.3. The van der Waals surface area contributed by atoms with Crippen LogP contribution in [0.4, 0.5) is 0 Å². The molecule has 0 amide bonds. The minimum Gasteiger partial charge on any atom is -0.383 e. The third-order valence-electron chi connectivity index (χ3n) is 3.30. The van der Waals surface area contributed by atoms with Crippen molar-refractivity contribution in [1.29, 1.82) is 0 Å². The summed E-state index contributed by atoms with van der Waals surface area (Å²) in [4.78, 5) is 31.9. The van der Waals surface area contributed by atoms with E-state index < -0.39 is 11.2 Å². The Balaban J connectivity index is 2.36. The summed E-state index contributed by atoms with van der Waals surface area (Å²) >= 11 is 5.99. The minimum absolute atomic E-state index is 0.156. The fourth-order valence-corrected chi connectivity index (χ4v) is 2.46. The summed E-state index contributed by atoms with van der Waals surface area (Å²) in [6, 6.07) is 6.81. The van der Waals surface area contributed by atoms with E-state index in [0.29, 0.717) is 10.7 Å². The van der Waals surface area contributed by atoms with Crippen molar-refractivity contribution in [3.05, 3.63) is 56.5 Å². The number of imidazole rings is 1. The molecule has 0 radical (unpaired) electrons. The molecule has 8 heteroatoms. The van der Waals surface area contributed by atoms with E-state index in [0.717, 1.165) is 4.57 Å². The van der Waals surface area contributed by atoms with E-state index in [1.54, 1.807) is 24.3 Å². The fraction of sp³-hybridized carbons (Fsp3) is 0.214. The van der Waals surface area contributed by atoms with Gasteiger partial charge in [-0.1, -0.05) is 17.7 Å². The van der Waals surface area contributed by atoms with Gasteiger partial charge in [-0.05, 0) is 18.2 Å². The Hall–Kier alpha value is -2.38. The molecular weight excluding hydrogens is 308 g/mol. The predicted molar refractivity (Wildman–Crippen MR) is 82.8 cm³/mol. The van der Waals surface area contributed by atoms with Gasteiger partial charge in [-0.3, -0.25) is 9.36 Å². The molecular formula is C14H13ClN4O3. The van der Waals surface area contributed by atoms with Crippen molar-refractivity contribution in [3.8, 4) is 5.69 Å². The van der Waals surface area contributed by atoms with Crippen molar-refractivity contribution in [2.24, 2.45) is 0 Å². The van der Waals surface area contributed by atoms with Crippen molar-refractivity contribution in [1.82, 2.24) is 19.1 Å². The number of H-pyrrole nitrogens is 1. The monoisotopic (exact) mass is 320 g/mol. The molecule has 0 bridgehead atoms. The van der Waals surface area contributed by atoms with Gasteiger partial charge in [-0.25, -0.2) is 14.3 Å². The maximum absolute atomic E-state index is 12.7. The first-order valence-electron chi connectivity index (χ1n) is 6.57. The highest BCUT2D eigenvalue weighted by Crippen LogP contribution is 2.15. The van der Waals surface area contributed by atoms with Crippen LogP contribution < -0.4 is 11.2 Å². The van der Waals surface area contributed by atoms with Gasteiger partial charge in [-0.15, -0.1) is 0 Å². The van der Waals surface area contributed by atoms with Gasteiger partial charge in [-0.2, -0.15) is 0 Å². The maximum atomic E-state index is 12.7. The van der Waals surface area contributed by atoms with E-state index in [1.165, 1.54) is 18.0 Å². The smallest absolute Gasteiger partial charge is 0.337 e. The molecule has 2 aromatic heterocycles. The number of aromatic amines is 1. The Morgan fingerprint density at radius 2 is 2.18 bits per heavy atom. The number of rotatable bonds is 4. The van der Waals surface area contributed by atoms with Gasteiger partial charge < -0.3 is 9.72 Å². The lowest BCUT2D eigenvalue weighted by Gasteiger charge is -2.11. The van der Waals surface area contributed by atoms with Crippen LogP contribution in [0.3, 0.4) is 0 Å². The number of hydrogen-bond donors (Lipinski definition) is 1. The average Bonchev–Trinajstić information content (AvgIpc) is 2.97. The number of nitrogens with zero attached hydrogens (tertiary/aromatic N) is 3. The number of aromatic nitrogens is 4. The zero-order chi connectivity index (χ0) is 15.7. The number of ether oxygens (including phenoxy) is 1. The zero-order valence-corrected chi connectivity index (χ0v) is 12.5. The molecule has 0 aliphatic rings. The second-order valence-electron chi connectivity index (χ2n) is 4.65. The molecule has 3 aromatic rings. The lowest BCUT2D eigenvalue weighted by molar-refractivity contribution is 0.184. The highest BCUT2D eigenvalue weighted by Gasteiger charge is 2.16. The largest absolute Gasteiger partial charge is 0.383 e. The third kappa shape index (κ3) is 2.34. The number of fused-ring (bicyclic) bond motifs is 1. The van der Waals surface area contributed by atoms with Crippen molar-refractivity contribution in [3.63, 3.8) is 0 Å². The molecule has 0 spiro atoms. The van der Waals surface area contributed by atoms with Crippen LogP contribution in [0.1, 0.15) is 0 Å². The molecule has 0 atom stereocenters. The maximum Gasteiger partial charge on any atom is 0.337 e. The Morgan fingerprint density at radius 1 is 1.36 bits per heavy atom. The van der Waals surface area contributed by atoms with Crippen LogP contribution in [0, 0.1) is 0 Å². The summed E-state index contributed by atoms with van der Waals surface area (Å²) in [5.41, 5.74) is 0.166. The number of nitrogens with one attached hydrogen (secondary N) is 1. The Kier molecular flexibility index (Phi) is 3.82. The van der Waals surface area contributed by atoms with Crippen molar-refractivity contribution in [2.45, 2.75) is 6.54 Å². The van der Waals surface area contributed by atoms with Gasteiger partial charge in [0.1, 0.15) is 5.52 Å². The number of benzene rings is 1. The van der Waals surface area contributed by atoms with Gasteiger partial charge in [0.25, 0.3) is 5.56 Å². The zero-order valence-electron chi connectivity index (χ0n) is 11.7. The van der Waals surface area contributed by atoms with E-state index in [1.807, 2.05) is 0 Å². The standard InChI is InChI=1S/C14H13ClN4O3/c1-22-6-5-18-13(20)11-12(17-8-16-11)19(14(18)21)10-4-2-3-9(15)7-10/h2-4,7-8H,5-6H2,1H3,(H,16,17). The third-order valence-corrected chi connectivity index (χ3v) is 3.53. The van der Waals surface area contributed by atoms with Crippen LogP contribution in [-0.2, 0) is 11.3 Å². The van der Waals surface area contributed by atoms with E-state index in [9.17, 15) is 9.59 Å². The second kappa shape index (κ2) is 5.78. The summed E-state index contributed by atoms with van der Waals surface area (Å²) < 4.78 is 7.43. The molecule has 0 fully saturated rings. The minimum atomic E-state index is -0.482. The number of methoxy groups -OCH3 is 1. The molecule has 7 nitrogen and oxygen atoms in total. The van der Waals surface area contributed by atoms with E-state index in [-0.39, 0.29) is 24.3 Å². The van der Waals surface area contributed by atoms with Gasteiger partial charge in [0.15, 0.2) is 5.65 Å². The summed E-state index contributed by atoms with van der Waals surface area (Å²) in [5.74, 6) is 0. The quantitative estimate of drug-likeness (QED) is 0.782. The number of halogens is 1. The van der Waals surface area contributed by atoms with E-state index in [2.05, 4.69) is 9.97 Å². The second-order valence-corrected chi connectivity index (χ2v) is 5.09. The molecule has 2 heterocycles. The highest BCUT2D eigenvalue weighted by molar-refractivity contribution is 6.30. The Bertz CT molecular complexity index is 941. The number of hydrogen-bond acceptors (Lipinski definition) is 4. The molecule has 1 aromatic carbocycles. The predicted octanol–water partition coefficient (Wildman–Crippen LogP) is 1.18. The summed E-state index contributed by atoms with van der Waals surface area (Å²) in [7, 11) is 1.51. The first kappa shape index (κ1) is 14.6. The summed E-state index contributed by atoms with van der Waals surface area (Å²) in [6.45, 7) is 0.411. The van der Waals surface area contributed by atoms with Crippen LogP contribution >= 0.6 is 11.6 Å². The van der Waals surface area contributed by atoms with Gasteiger partial charge in [0.05, 0.1) is 25.2 Å². The topological polar surface area (TPSA) is 81.9 Å². The van der Waals surface area contributed by atoms with Crippen LogP contribution in [0.2, 0.25) is 5.02 Å². The Labute approximate surface area is 129 Å². The van der Waals surface area contributed by atoms with Crippen molar-refractivity contribution >= 4 is 22.8 Å². The lowest BCUT2D eigenvalue weighted by Crippen LogP contribution is -2.40. The molecule has 0 aliphatic heterocycles. The fourth-order valence-electron chi connectivity index (χ4n) is 2.27. The molecule has 0 unspecified atom stereocenters. The molecule has 114 valence electrons. The van der Waals surface area contributed by atoms with Gasteiger partial charge in [0.2, 0.25) is 0 Å². The molecule has 22 heavy (non-hydrogen) atoms. The van der Waals surface area contributed by atoms with E-state index in [4.69, 9.17) is 16.3 Å². The molecule has 3 rings (SSSR count). The average molecular weight is 321 g/mol. The molecule has 0 aliphatic carbocycles. The van der Waals surface area contributed by atoms with Crippen LogP contribution in [0.5, 0.6) is 0 Å². The molecule has 0 saturated heterocycles. The Morgan fingerprint density at radius 3 is 2.91 bits per heavy atom. The SMILES string of the molecule is COCCn1c(=O)c2[nH]cnc2n(-c2cccc(Cl)c2)c1=O. The first-order chi connectivity index (χ1) is 10.6. The van der Waals surface area contributed by atoms with E-state index >= 15 is 0 Å². The first-order valence-corrected chi connectivity index (χ1v) is 6.95. The molecule has 0 saturated carbocycles. The summed E-state index contributed by atoms with van der Waals surface area (Å²) in [6.07, 6.45) is 1.38. The van der Waals surface area contributed by atoms with Crippen molar-refractivity contribution < 1.29 is 4.74 Å². The highest BCUT2D eigenvalue weighted by atomic mass is 35.5. The van der Waals surface area contributed by atoms with Crippen LogP contribution in [0.15, 0.2) is 40.2 Å². The summed E-state index contributed by atoms with van der Waals surface area (Å²) in [5, 5.41) is 0.489. The van der Waals surface area contributed by atoms with Crippen molar-refractivity contribution in [2.75, 3.05) is 13.7 Å². The molecule has 1 N–H and O–H groups in total. The van der Waals surface area contributed by atoms with Gasteiger partial charge >= 0.3 is 5.69 Å². The normalized spacial score (nSPS) is 11.2. The van der Waals surface area contributed by atoms with Crippen LogP contribution in [-0.4, -0.2) is 32.8 Å². The van der Waals surface area contributed by atoms with Crippen LogP contribution in [0.25, 0.3) is 16.9 Å². The van der Waals surface area contributed by atoms with Gasteiger partial charge in [0, 0.05) is 12.1 Å².